The van der Waals surface area contributed by atoms with Gasteiger partial charge in [-0.15, -0.1) is 0 Å². The van der Waals surface area contributed by atoms with Crippen molar-refractivity contribution in [2.45, 2.75) is 65.8 Å². The van der Waals surface area contributed by atoms with E-state index in [1.54, 1.807) is 43.4 Å². The average Bonchev–Trinajstić information content (AvgIpc) is 3.62. The maximum Gasteiger partial charge on any atom is 0.300 e. The van der Waals surface area contributed by atoms with E-state index in [-0.39, 0.29) is 28.7 Å². The van der Waals surface area contributed by atoms with Gasteiger partial charge in [-0.1, -0.05) is 19.8 Å². The lowest BCUT2D eigenvalue weighted by Gasteiger charge is -2.46. The molecule has 2 fully saturated rings. The monoisotopic (exact) mass is 745 g/mol. The van der Waals surface area contributed by atoms with Crippen molar-refractivity contribution in [1.82, 2.24) is 24.0 Å². The summed E-state index contributed by atoms with van der Waals surface area (Å²) in [6.07, 6.45) is 5.07. The van der Waals surface area contributed by atoms with Crippen LogP contribution in [0.4, 0.5) is 28.7 Å². The normalized spacial score (nSPS) is 19.3. The number of nitrogens with one attached hydrogen (secondary N) is 2. The Morgan fingerprint density at radius 3 is 2.64 bits per heavy atom. The van der Waals surface area contributed by atoms with E-state index in [1.165, 1.54) is 15.8 Å². The third-order valence-electron chi connectivity index (χ3n) is 11.3. The van der Waals surface area contributed by atoms with Gasteiger partial charge in [-0.25, -0.2) is 9.97 Å². The Bertz CT molecular complexity index is 2310. The van der Waals surface area contributed by atoms with Gasteiger partial charge >= 0.3 is 0 Å². The molecular weight excluding hydrogens is 699 g/mol. The maximum absolute atomic E-state index is 14.0. The number of aliphatic hydroxyl groups excluding tert-OH is 1. The first-order valence-corrected chi connectivity index (χ1v) is 18.9. The topological polar surface area (TPSA) is 150 Å². The number of benzene rings is 1. The summed E-state index contributed by atoms with van der Waals surface area (Å²) in [4.78, 5) is 55.9. The molecule has 3 aliphatic heterocycles. The van der Waals surface area contributed by atoms with Crippen molar-refractivity contribution in [1.29, 1.82) is 0 Å². The smallest absolute Gasteiger partial charge is 0.300 e. The van der Waals surface area contributed by atoms with Crippen LogP contribution in [-0.2, 0) is 42.6 Å². The number of nitrogens with zero attached hydrogens (tertiary/aromatic N) is 7. The van der Waals surface area contributed by atoms with Crippen LogP contribution >= 0.6 is 0 Å². The molecule has 0 spiro atoms. The first kappa shape index (κ1) is 36.5. The van der Waals surface area contributed by atoms with Gasteiger partial charge in [0.05, 0.1) is 42.9 Å². The van der Waals surface area contributed by atoms with Gasteiger partial charge in [0.25, 0.3) is 17.4 Å². The Hall–Kier alpha value is -5.49. The highest BCUT2D eigenvalue weighted by molar-refractivity contribution is 6.07. The maximum atomic E-state index is 14.0. The summed E-state index contributed by atoms with van der Waals surface area (Å²) in [6.45, 7) is 13.0. The van der Waals surface area contributed by atoms with Crippen molar-refractivity contribution in [3.05, 3.63) is 75.6 Å². The molecule has 4 aromatic rings. The minimum absolute atomic E-state index is 0.0506. The van der Waals surface area contributed by atoms with E-state index in [0.29, 0.717) is 58.8 Å². The number of pyridine rings is 1. The van der Waals surface area contributed by atoms with Crippen LogP contribution in [0.3, 0.4) is 0 Å². The predicted molar refractivity (Wildman–Crippen MR) is 211 cm³/mol. The zero-order chi connectivity index (χ0) is 38.6. The molecule has 2 amide bonds. The molecule has 3 aromatic heterocycles. The highest BCUT2D eigenvalue weighted by Crippen LogP contribution is 2.40. The molecule has 0 bridgehead atoms. The fourth-order valence-corrected chi connectivity index (χ4v) is 8.52. The number of hydrogen-bond acceptors (Lipinski definition) is 10. The molecule has 0 saturated carbocycles. The molecule has 8 rings (SSSR count). The number of hydrogen-bond donors (Lipinski definition) is 3. The number of piperazine rings is 1. The van der Waals surface area contributed by atoms with E-state index in [0.717, 1.165) is 51.4 Å². The molecule has 0 radical (unpaired) electrons. The lowest BCUT2D eigenvalue weighted by Crippen LogP contribution is -2.59. The summed E-state index contributed by atoms with van der Waals surface area (Å²) >= 11 is 0. The van der Waals surface area contributed by atoms with Crippen molar-refractivity contribution >= 4 is 40.5 Å². The largest absolute Gasteiger partial charge is 0.392 e. The van der Waals surface area contributed by atoms with Crippen LogP contribution in [0.1, 0.15) is 55.0 Å². The van der Waals surface area contributed by atoms with Crippen molar-refractivity contribution in [3.8, 4) is 23.1 Å². The number of anilines is 5. The Labute approximate surface area is 320 Å². The van der Waals surface area contributed by atoms with Crippen LogP contribution in [0.25, 0.3) is 11.3 Å². The Morgan fingerprint density at radius 2 is 1.91 bits per heavy atom. The molecule has 286 valence electrons. The Kier molecular flexibility index (Phi) is 9.48. The van der Waals surface area contributed by atoms with Gasteiger partial charge in [0.2, 0.25) is 0 Å². The minimum Gasteiger partial charge on any atom is -0.392 e. The van der Waals surface area contributed by atoms with E-state index in [9.17, 15) is 19.5 Å². The van der Waals surface area contributed by atoms with E-state index in [1.807, 2.05) is 18.2 Å². The zero-order valence-corrected chi connectivity index (χ0v) is 32.0. The predicted octanol–water partition coefficient (Wildman–Crippen LogP) is 3.54. The number of fused-ring (bicyclic) bond motifs is 3. The highest BCUT2D eigenvalue weighted by Gasteiger charge is 2.38. The lowest BCUT2D eigenvalue weighted by molar-refractivity contribution is -0.111. The third kappa shape index (κ3) is 6.77. The van der Waals surface area contributed by atoms with Crippen molar-refractivity contribution in [3.63, 3.8) is 0 Å². The molecule has 6 heterocycles. The molecule has 1 aromatic carbocycles. The third-order valence-corrected chi connectivity index (χ3v) is 11.3. The molecule has 1 atom stereocenters. The minimum atomic E-state index is -0.437. The average molecular weight is 746 g/mol. The summed E-state index contributed by atoms with van der Waals surface area (Å²) in [5.41, 5.74) is 6.25. The van der Waals surface area contributed by atoms with Crippen LogP contribution < -0.4 is 26.0 Å². The van der Waals surface area contributed by atoms with Crippen LogP contribution in [0, 0.1) is 17.3 Å². The standard InChI is InChI=1S/C41H47N9O5/c1-6-7-36(52)44-31-17-27(8-9-33(31)48-13-12-47(20-25(48)2)28-23-55-24-28)43-37-40(54)46(5)21-32(45-37)29-10-11-42-38(30(29)22-51)50-15-14-49-34(39(50)53)16-26-18-41(3,4)19-35(26)49/h8-11,16-17,21,25,28,51H,12-15,18-20,22-24H2,1-5H3,(H,43,45)(H,44,52). The van der Waals surface area contributed by atoms with Gasteiger partial charge in [0, 0.05) is 80.7 Å². The van der Waals surface area contributed by atoms with Gasteiger partial charge in [0.1, 0.15) is 11.5 Å². The first-order chi connectivity index (χ1) is 26.4. The van der Waals surface area contributed by atoms with Crippen molar-refractivity contribution in [2.75, 3.05) is 59.8 Å². The van der Waals surface area contributed by atoms with Gasteiger partial charge in [-0.05, 0) is 73.9 Å². The van der Waals surface area contributed by atoms with E-state index in [4.69, 9.17) is 9.72 Å². The second-order valence-corrected chi connectivity index (χ2v) is 15.8. The second kappa shape index (κ2) is 14.3. The second-order valence-electron chi connectivity index (χ2n) is 15.8. The summed E-state index contributed by atoms with van der Waals surface area (Å²) in [7, 11) is 1.64. The van der Waals surface area contributed by atoms with Crippen LogP contribution in [0.2, 0.25) is 0 Å². The molecule has 14 nitrogen and oxygen atoms in total. The van der Waals surface area contributed by atoms with E-state index < -0.39 is 12.5 Å². The van der Waals surface area contributed by atoms with Gasteiger partial charge in [-0.3, -0.25) is 24.2 Å². The summed E-state index contributed by atoms with van der Waals surface area (Å²) in [6, 6.07) is 9.96. The summed E-state index contributed by atoms with van der Waals surface area (Å²) in [5.74, 6) is 5.05. The number of aliphatic hydroxyl groups is 1. The molecule has 3 N–H and O–H groups in total. The molecule has 55 heavy (non-hydrogen) atoms. The van der Waals surface area contributed by atoms with Crippen LogP contribution in [0.15, 0.2) is 47.5 Å². The number of aryl methyl sites for hydroxylation is 1. The number of amides is 2. The van der Waals surface area contributed by atoms with Gasteiger partial charge < -0.3 is 34.5 Å². The van der Waals surface area contributed by atoms with Gasteiger partial charge in [0.15, 0.2) is 5.82 Å². The molecule has 1 unspecified atom stereocenters. The fourth-order valence-electron chi connectivity index (χ4n) is 8.52. The number of rotatable bonds is 8. The number of carbonyl (C=O) groups excluding carboxylic acids is 2. The molecule has 2 saturated heterocycles. The molecule has 1 aliphatic carbocycles. The van der Waals surface area contributed by atoms with Crippen LogP contribution in [0.5, 0.6) is 0 Å². The van der Waals surface area contributed by atoms with Crippen LogP contribution in [-0.4, -0.2) is 92.4 Å². The quantitative estimate of drug-likeness (QED) is 0.229. The summed E-state index contributed by atoms with van der Waals surface area (Å²) < 4.78 is 8.99. The number of aromatic nitrogens is 4. The number of carbonyl (C=O) groups is 2. The SMILES string of the molecule is CC#CC(=O)Nc1cc(Nc2nc(-c3ccnc(N4CCn5c(cc6c5CC(C)(C)C6)C4=O)c3CO)cn(C)c2=O)ccc1N1CCN(C2COC2)CC1C. The van der Waals surface area contributed by atoms with E-state index >= 15 is 0 Å². The zero-order valence-electron chi connectivity index (χ0n) is 32.0. The van der Waals surface area contributed by atoms with Crippen molar-refractivity contribution in [2.24, 2.45) is 12.5 Å². The van der Waals surface area contributed by atoms with Gasteiger partial charge in [-0.2, -0.15) is 0 Å². The molecule has 14 heteroatoms. The van der Waals surface area contributed by atoms with E-state index in [2.05, 4.69) is 62.6 Å². The fraction of sp³-hybridized carbons (Fsp3) is 0.439. The summed E-state index contributed by atoms with van der Waals surface area (Å²) in [5, 5.41) is 16.9. The highest BCUT2D eigenvalue weighted by atomic mass is 16.5. The van der Waals surface area contributed by atoms with Crippen molar-refractivity contribution < 1.29 is 19.4 Å². The molecular formula is C41H47N9O5. The number of ether oxygens (including phenoxy) is 1. The Morgan fingerprint density at radius 1 is 1.09 bits per heavy atom. The Balaban J connectivity index is 1.09. The first-order valence-electron chi connectivity index (χ1n) is 18.9. The molecule has 4 aliphatic rings. The lowest BCUT2D eigenvalue weighted by atomic mass is 9.90.